The number of hydrogen-bond acceptors (Lipinski definition) is 3. The van der Waals surface area contributed by atoms with Crippen LogP contribution in [0.15, 0.2) is 0 Å². The van der Waals surface area contributed by atoms with Gasteiger partial charge in [0.2, 0.25) is 5.79 Å². The Morgan fingerprint density at radius 1 is 0.889 bits per heavy atom. The van der Waals surface area contributed by atoms with Crippen LogP contribution in [0.4, 0.5) is 0 Å². The Labute approximate surface area is 112 Å². The van der Waals surface area contributed by atoms with Crippen LogP contribution in [0.1, 0.15) is 77.6 Å². The van der Waals surface area contributed by atoms with Crippen LogP contribution in [-0.4, -0.2) is 19.5 Å². The number of rotatable bonds is 10. The summed E-state index contributed by atoms with van der Waals surface area (Å²) in [7, 11) is 1.72. The molecule has 0 N–H and O–H groups in total. The van der Waals surface area contributed by atoms with Gasteiger partial charge in [-0.15, -0.1) is 0 Å². The highest BCUT2D eigenvalue weighted by Crippen LogP contribution is 2.32. The maximum Gasteiger partial charge on any atom is 0.201 e. The molecule has 0 unspecified atom stereocenters. The highest BCUT2D eigenvalue weighted by Gasteiger charge is 2.34. The van der Waals surface area contributed by atoms with Gasteiger partial charge in [0.05, 0.1) is 6.61 Å². The zero-order valence-corrected chi connectivity index (χ0v) is 12.2. The predicted molar refractivity (Wildman–Crippen MR) is 73.2 cm³/mol. The Morgan fingerprint density at radius 2 is 1.56 bits per heavy atom. The Kier molecular flexibility index (Phi) is 8.64. The third kappa shape index (κ3) is 6.17. The topological polar surface area (TPSA) is 27.7 Å². The zero-order chi connectivity index (χ0) is 13.1. The van der Waals surface area contributed by atoms with Gasteiger partial charge in [-0.2, -0.15) is 0 Å². The standard InChI is InChI=1S/C15H30O3/c1-3-4-5-6-7-11-14-17-18-15(16-2)12-9-8-10-13-15/h3-14H2,1-2H3. The van der Waals surface area contributed by atoms with E-state index in [0.29, 0.717) is 6.61 Å². The van der Waals surface area contributed by atoms with Gasteiger partial charge in [-0.1, -0.05) is 45.4 Å². The maximum atomic E-state index is 5.53. The number of methoxy groups -OCH3 is 1. The van der Waals surface area contributed by atoms with Gasteiger partial charge in [0.15, 0.2) is 0 Å². The second-order valence-electron chi connectivity index (χ2n) is 5.35. The van der Waals surface area contributed by atoms with Crippen LogP contribution >= 0.6 is 0 Å². The minimum atomic E-state index is -0.458. The van der Waals surface area contributed by atoms with Crippen LogP contribution in [0.25, 0.3) is 0 Å². The molecule has 108 valence electrons. The van der Waals surface area contributed by atoms with Crippen molar-refractivity contribution in [2.45, 2.75) is 83.3 Å². The molecule has 3 heteroatoms. The summed E-state index contributed by atoms with van der Waals surface area (Å²) in [5.41, 5.74) is 0. The first-order valence-corrected chi connectivity index (χ1v) is 7.69. The Balaban J connectivity index is 1.98. The van der Waals surface area contributed by atoms with Crippen molar-refractivity contribution in [3.8, 4) is 0 Å². The lowest BCUT2D eigenvalue weighted by molar-refractivity contribution is -0.431. The van der Waals surface area contributed by atoms with Crippen LogP contribution in [0.5, 0.6) is 0 Å². The molecule has 0 aromatic heterocycles. The molecule has 1 fully saturated rings. The van der Waals surface area contributed by atoms with Gasteiger partial charge in [-0.3, -0.25) is 0 Å². The summed E-state index contributed by atoms with van der Waals surface area (Å²) in [5, 5.41) is 0. The number of ether oxygens (including phenoxy) is 1. The largest absolute Gasteiger partial charge is 0.351 e. The molecular formula is C15H30O3. The summed E-state index contributed by atoms with van der Waals surface area (Å²) in [5.74, 6) is -0.458. The molecule has 18 heavy (non-hydrogen) atoms. The Morgan fingerprint density at radius 3 is 2.22 bits per heavy atom. The summed E-state index contributed by atoms with van der Waals surface area (Å²) < 4.78 is 5.49. The van der Waals surface area contributed by atoms with Crippen molar-refractivity contribution in [2.24, 2.45) is 0 Å². The SMILES string of the molecule is CCCCCCCCOOC1(OC)CCCCC1. The molecule has 3 nitrogen and oxygen atoms in total. The number of hydrogen-bond donors (Lipinski definition) is 0. The smallest absolute Gasteiger partial charge is 0.201 e. The van der Waals surface area contributed by atoms with Crippen LogP contribution in [0, 0.1) is 0 Å². The molecule has 0 bridgehead atoms. The molecule has 0 aromatic rings. The molecule has 1 rings (SSSR count). The lowest BCUT2D eigenvalue weighted by atomic mass is 9.94. The molecule has 1 saturated carbocycles. The fourth-order valence-corrected chi connectivity index (χ4v) is 2.50. The average Bonchev–Trinajstić information content (AvgIpc) is 2.43. The molecule has 0 aromatic carbocycles. The van der Waals surface area contributed by atoms with Crippen molar-refractivity contribution in [3.05, 3.63) is 0 Å². The van der Waals surface area contributed by atoms with Gasteiger partial charge in [-0.25, -0.2) is 9.78 Å². The second-order valence-corrected chi connectivity index (χ2v) is 5.35. The van der Waals surface area contributed by atoms with Crippen molar-refractivity contribution >= 4 is 0 Å². The molecule has 1 aliphatic carbocycles. The van der Waals surface area contributed by atoms with E-state index in [1.165, 1.54) is 51.4 Å². The fourth-order valence-electron chi connectivity index (χ4n) is 2.50. The van der Waals surface area contributed by atoms with Crippen molar-refractivity contribution in [1.82, 2.24) is 0 Å². The highest BCUT2D eigenvalue weighted by atomic mass is 17.2. The first kappa shape index (κ1) is 15.9. The third-order valence-electron chi connectivity index (χ3n) is 3.78. The normalized spacial score (nSPS) is 19.0. The van der Waals surface area contributed by atoms with Crippen LogP contribution in [-0.2, 0) is 14.5 Å². The summed E-state index contributed by atoms with van der Waals surface area (Å²) in [4.78, 5) is 10.9. The maximum absolute atomic E-state index is 5.53. The monoisotopic (exact) mass is 258 g/mol. The second kappa shape index (κ2) is 9.76. The average molecular weight is 258 g/mol. The number of unbranched alkanes of at least 4 members (excludes halogenated alkanes) is 5. The molecular weight excluding hydrogens is 228 g/mol. The van der Waals surface area contributed by atoms with E-state index in [1.807, 2.05) is 0 Å². The Bertz CT molecular complexity index is 188. The first-order chi connectivity index (χ1) is 8.83. The minimum absolute atomic E-state index is 0.458. The molecule has 0 saturated heterocycles. The van der Waals surface area contributed by atoms with Gasteiger partial charge in [0.25, 0.3) is 0 Å². The van der Waals surface area contributed by atoms with Gasteiger partial charge >= 0.3 is 0 Å². The van der Waals surface area contributed by atoms with Gasteiger partial charge in [0.1, 0.15) is 0 Å². The fraction of sp³-hybridized carbons (Fsp3) is 1.00. The summed E-state index contributed by atoms with van der Waals surface area (Å²) in [6.45, 7) is 2.93. The lowest BCUT2D eigenvalue weighted by Gasteiger charge is -2.33. The van der Waals surface area contributed by atoms with Crippen LogP contribution < -0.4 is 0 Å². The quantitative estimate of drug-likeness (QED) is 0.248. The van der Waals surface area contributed by atoms with E-state index in [4.69, 9.17) is 14.5 Å². The van der Waals surface area contributed by atoms with E-state index in [-0.39, 0.29) is 0 Å². The van der Waals surface area contributed by atoms with E-state index < -0.39 is 5.79 Å². The molecule has 0 spiro atoms. The van der Waals surface area contributed by atoms with Crippen LogP contribution in [0.3, 0.4) is 0 Å². The van der Waals surface area contributed by atoms with E-state index >= 15 is 0 Å². The van der Waals surface area contributed by atoms with Crippen molar-refractivity contribution in [1.29, 1.82) is 0 Å². The lowest BCUT2D eigenvalue weighted by Crippen LogP contribution is -2.37. The molecule has 0 atom stereocenters. The van der Waals surface area contributed by atoms with Crippen molar-refractivity contribution in [2.75, 3.05) is 13.7 Å². The van der Waals surface area contributed by atoms with E-state index in [2.05, 4.69) is 6.92 Å². The van der Waals surface area contributed by atoms with Gasteiger partial charge in [-0.05, 0) is 19.3 Å². The van der Waals surface area contributed by atoms with Crippen molar-refractivity contribution < 1.29 is 14.5 Å². The minimum Gasteiger partial charge on any atom is -0.351 e. The molecule has 1 aliphatic rings. The summed E-state index contributed by atoms with van der Waals surface area (Å²) >= 11 is 0. The van der Waals surface area contributed by atoms with Gasteiger partial charge < -0.3 is 4.74 Å². The van der Waals surface area contributed by atoms with E-state index in [1.54, 1.807) is 7.11 Å². The molecule has 0 radical (unpaired) electrons. The molecule has 0 heterocycles. The summed E-state index contributed by atoms with van der Waals surface area (Å²) in [6, 6.07) is 0. The van der Waals surface area contributed by atoms with E-state index in [9.17, 15) is 0 Å². The highest BCUT2D eigenvalue weighted by molar-refractivity contribution is 4.73. The zero-order valence-electron chi connectivity index (χ0n) is 12.2. The van der Waals surface area contributed by atoms with Crippen molar-refractivity contribution in [3.63, 3.8) is 0 Å². The predicted octanol–water partition coefficient (Wildman–Crippen LogP) is 4.60. The molecule has 0 aliphatic heterocycles. The first-order valence-electron chi connectivity index (χ1n) is 7.69. The van der Waals surface area contributed by atoms with Gasteiger partial charge in [0, 0.05) is 20.0 Å². The third-order valence-corrected chi connectivity index (χ3v) is 3.78. The van der Waals surface area contributed by atoms with E-state index in [0.717, 1.165) is 19.3 Å². The Hall–Kier alpha value is -0.120. The van der Waals surface area contributed by atoms with Crippen LogP contribution in [0.2, 0.25) is 0 Å². The summed E-state index contributed by atoms with van der Waals surface area (Å²) in [6.07, 6.45) is 13.2. The molecule has 0 amide bonds.